The van der Waals surface area contributed by atoms with E-state index in [1.54, 1.807) is 6.92 Å². The summed E-state index contributed by atoms with van der Waals surface area (Å²) in [6.45, 7) is 1.65. The monoisotopic (exact) mass is 181 g/mol. The van der Waals surface area contributed by atoms with Crippen LogP contribution >= 0.6 is 0 Å². The Hall–Kier alpha value is -1.01. The van der Waals surface area contributed by atoms with E-state index in [-0.39, 0.29) is 11.9 Å². The second-order valence-corrected chi connectivity index (χ2v) is 3.13. The van der Waals surface area contributed by atoms with E-state index >= 15 is 0 Å². The van der Waals surface area contributed by atoms with Gasteiger partial charge in [-0.1, -0.05) is 18.8 Å². The molecule has 1 rings (SSSR count). The smallest absolute Gasteiger partial charge is 0.273 e. The Morgan fingerprint density at radius 3 is 2.54 bits per heavy atom. The second kappa shape index (κ2) is 4.88. The van der Waals surface area contributed by atoms with Crippen LogP contribution < -0.4 is 0 Å². The number of amides is 1. The third-order valence-corrected chi connectivity index (χ3v) is 2.29. The van der Waals surface area contributed by atoms with Crippen LogP contribution in [0.1, 0.15) is 32.6 Å². The molecule has 0 aromatic heterocycles. The summed E-state index contributed by atoms with van der Waals surface area (Å²) in [5.41, 5.74) is 0. The van der Waals surface area contributed by atoms with Gasteiger partial charge in [-0.15, -0.1) is 0 Å². The van der Waals surface area contributed by atoms with E-state index in [0.717, 1.165) is 12.8 Å². The summed E-state index contributed by atoms with van der Waals surface area (Å²) >= 11 is 0. The maximum Gasteiger partial charge on any atom is 0.322 e. The fraction of sp³-hybridized carbons (Fsp3) is 0.700. The molecule has 3 nitrogen and oxygen atoms in total. The van der Waals surface area contributed by atoms with E-state index in [2.05, 4.69) is 11.8 Å². The average molecular weight is 181 g/mol. The largest absolute Gasteiger partial charge is 0.322 e. The highest BCUT2D eigenvalue weighted by atomic mass is 16.7. The molecule has 1 aliphatic carbocycles. The molecule has 13 heavy (non-hydrogen) atoms. The Morgan fingerprint density at radius 2 is 2.08 bits per heavy atom. The second-order valence-electron chi connectivity index (χ2n) is 3.13. The molecule has 0 radical (unpaired) electrons. The molecule has 0 aromatic carbocycles. The molecule has 0 saturated heterocycles. The number of rotatable bonds is 2. The van der Waals surface area contributed by atoms with E-state index in [4.69, 9.17) is 4.84 Å². The lowest BCUT2D eigenvalue weighted by Crippen LogP contribution is -2.37. The van der Waals surface area contributed by atoms with Crippen molar-refractivity contribution in [1.82, 2.24) is 5.06 Å². The van der Waals surface area contributed by atoms with Crippen molar-refractivity contribution >= 4 is 5.91 Å². The Labute approximate surface area is 79.0 Å². The minimum atomic E-state index is -0.225. The maximum absolute atomic E-state index is 11.4. The maximum atomic E-state index is 11.4. The zero-order valence-corrected chi connectivity index (χ0v) is 8.17. The van der Waals surface area contributed by atoms with E-state index in [1.165, 1.54) is 25.0 Å². The van der Waals surface area contributed by atoms with Gasteiger partial charge in [-0.3, -0.25) is 9.63 Å². The molecule has 1 fully saturated rings. The Bertz CT molecular complexity index is 233. The summed E-state index contributed by atoms with van der Waals surface area (Å²) in [6.07, 6.45) is 4.42. The lowest BCUT2D eigenvalue weighted by atomic mass is 10.2. The predicted molar refractivity (Wildman–Crippen MR) is 49.6 cm³/mol. The minimum absolute atomic E-state index is 0.225. The standard InChI is InChI=1S/C10H15NO2/c1-3-6-10(12)11(13-2)9-7-4-5-8-9/h9H,4-5,7-8H2,1-2H3. The number of carbonyl (C=O) groups excluding carboxylic acids is 1. The fourth-order valence-electron chi connectivity index (χ4n) is 1.70. The molecule has 0 bridgehead atoms. The van der Waals surface area contributed by atoms with Gasteiger partial charge in [0.1, 0.15) is 0 Å². The summed E-state index contributed by atoms with van der Waals surface area (Å²) in [6, 6.07) is 0.235. The van der Waals surface area contributed by atoms with Crippen LogP contribution in [0.25, 0.3) is 0 Å². The van der Waals surface area contributed by atoms with Crippen molar-refractivity contribution in [2.24, 2.45) is 0 Å². The quantitative estimate of drug-likeness (QED) is 0.475. The van der Waals surface area contributed by atoms with Crippen molar-refractivity contribution < 1.29 is 9.63 Å². The van der Waals surface area contributed by atoms with Gasteiger partial charge in [-0.05, 0) is 25.7 Å². The SMILES string of the molecule is CC#CC(=O)N(OC)C1CCCC1. The van der Waals surface area contributed by atoms with Crippen molar-refractivity contribution in [3.8, 4) is 11.8 Å². The van der Waals surface area contributed by atoms with Gasteiger partial charge in [0.05, 0.1) is 13.2 Å². The molecule has 0 unspecified atom stereocenters. The molecule has 0 spiro atoms. The van der Waals surface area contributed by atoms with Crippen molar-refractivity contribution in [2.45, 2.75) is 38.6 Å². The molecular formula is C10H15NO2. The molecule has 1 saturated carbocycles. The lowest BCUT2D eigenvalue weighted by Gasteiger charge is -2.23. The molecule has 1 aliphatic rings. The van der Waals surface area contributed by atoms with Crippen LogP contribution in [0.5, 0.6) is 0 Å². The molecule has 1 amide bonds. The normalized spacial score (nSPS) is 16.5. The predicted octanol–water partition coefficient (Wildman–Crippen LogP) is 1.34. The van der Waals surface area contributed by atoms with Crippen LogP contribution in [0.4, 0.5) is 0 Å². The third kappa shape index (κ3) is 2.46. The van der Waals surface area contributed by atoms with Gasteiger partial charge in [0.2, 0.25) is 0 Å². The molecule has 0 heterocycles. The lowest BCUT2D eigenvalue weighted by molar-refractivity contribution is -0.181. The molecule has 0 N–H and O–H groups in total. The topological polar surface area (TPSA) is 29.5 Å². The number of nitrogens with zero attached hydrogens (tertiary/aromatic N) is 1. The minimum Gasteiger partial charge on any atom is -0.273 e. The first kappa shape index (κ1) is 10.1. The zero-order chi connectivity index (χ0) is 9.68. The summed E-state index contributed by atoms with van der Waals surface area (Å²) in [4.78, 5) is 16.4. The van der Waals surface area contributed by atoms with E-state index < -0.39 is 0 Å². The molecule has 0 aromatic rings. The number of hydrogen-bond acceptors (Lipinski definition) is 2. The first-order valence-corrected chi connectivity index (χ1v) is 4.59. The number of hydrogen-bond donors (Lipinski definition) is 0. The van der Waals surface area contributed by atoms with Gasteiger partial charge in [-0.25, -0.2) is 5.06 Å². The third-order valence-electron chi connectivity index (χ3n) is 2.29. The average Bonchev–Trinajstić information content (AvgIpc) is 2.59. The molecule has 3 heteroatoms. The molecule has 0 atom stereocenters. The van der Waals surface area contributed by atoms with Gasteiger partial charge in [0, 0.05) is 0 Å². The van der Waals surface area contributed by atoms with Crippen LogP contribution in [0.3, 0.4) is 0 Å². The first-order valence-electron chi connectivity index (χ1n) is 4.59. The summed E-state index contributed by atoms with van der Waals surface area (Å²) < 4.78 is 0. The van der Waals surface area contributed by atoms with Crippen molar-refractivity contribution in [1.29, 1.82) is 0 Å². The van der Waals surface area contributed by atoms with Gasteiger partial charge in [0.25, 0.3) is 0 Å². The van der Waals surface area contributed by atoms with Crippen LogP contribution in [0.2, 0.25) is 0 Å². The van der Waals surface area contributed by atoms with Crippen LogP contribution in [-0.4, -0.2) is 24.1 Å². The summed E-state index contributed by atoms with van der Waals surface area (Å²) in [5.74, 6) is 4.84. The zero-order valence-electron chi connectivity index (χ0n) is 8.17. The highest BCUT2D eigenvalue weighted by Crippen LogP contribution is 2.23. The van der Waals surface area contributed by atoms with Crippen molar-refractivity contribution in [3.05, 3.63) is 0 Å². The Morgan fingerprint density at radius 1 is 1.46 bits per heavy atom. The van der Waals surface area contributed by atoms with Crippen LogP contribution in [0, 0.1) is 11.8 Å². The van der Waals surface area contributed by atoms with Gasteiger partial charge < -0.3 is 0 Å². The Kier molecular flexibility index (Phi) is 3.78. The van der Waals surface area contributed by atoms with Crippen molar-refractivity contribution in [3.63, 3.8) is 0 Å². The highest BCUT2D eigenvalue weighted by molar-refractivity contribution is 5.92. The van der Waals surface area contributed by atoms with Crippen LogP contribution in [-0.2, 0) is 9.63 Å². The summed E-state index contributed by atoms with van der Waals surface area (Å²) in [5, 5.41) is 1.41. The van der Waals surface area contributed by atoms with Gasteiger partial charge in [-0.2, -0.15) is 0 Å². The van der Waals surface area contributed by atoms with Crippen LogP contribution in [0.15, 0.2) is 0 Å². The highest BCUT2D eigenvalue weighted by Gasteiger charge is 2.25. The molecular weight excluding hydrogens is 166 g/mol. The number of carbonyl (C=O) groups is 1. The van der Waals surface area contributed by atoms with Gasteiger partial charge in [0.15, 0.2) is 0 Å². The molecule has 0 aliphatic heterocycles. The van der Waals surface area contributed by atoms with Gasteiger partial charge >= 0.3 is 5.91 Å². The first-order chi connectivity index (χ1) is 6.29. The van der Waals surface area contributed by atoms with E-state index in [0.29, 0.717) is 0 Å². The molecule has 72 valence electrons. The number of hydroxylamine groups is 2. The van der Waals surface area contributed by atoms with E-state index in [1.807, 2.05) is 0 Å². The fourth-order valence-corrected chi connectivity index (χ4v) is 1.70. The van der Waals surface area contributed by atoms with Crippen molar-refractivity contribution in [2.75, 3.05) is 7.11 Å². The van der Waals surface area contributed by atoms with E-state index in [9.17, 15) is 4.79 Å². The Balaban J connectivity index is 2.58. The summed E-state index contributed by atoms with van der Waals surface area (Å²) in [7, 11) is 1.52.